The van der Waals surface area contributed by atoms with Crippen molar-refractivity contribution in [3.05, 3.63) is 20.8 Å². The summed E-state index contributed by atoms with van der Waals surface area (Å²) >= 11 is 5.30. The zero-order valence-corrected chi connectivity index (χ0v) is 11.8. The van der Waals surface area contributed by atoms with Gasteiger partial charge >= 0.3 is 0 Å². The van der Waals surface area contributed by atoms with Gasteiger partial charge in [0.15, 0.2) is 0 Å². The van der Waals surface area contributed by atoms with Gasteiger partial charge in [0.1, 0.15) is 0 Å². The summed E-state index contributed by atoms with van der Waals surface area (Å²) in [5.74, 6) is 0. The maximum atomic E-state index is 5.68. The molecule has 1 aromatic heterocycles. The highest BCUT2D eigenvalue weighted by molar-refractivity contribution is 9.10. The molecule has 1 saturated heterocycles. The predicted octanol–water partition coefficient (Wildman–Crippen LogP) is 1.93. The van der Waals surface area contributed by atoms with Crippen molar-refractivity contribution < 1.29 is 4.74 Å². The number of nitrogens with zero attached hydrogens (tertiary/aromatic N) is 1. The number of rotatable bonds is 4. The largest absolute Gasteiger partial charge is 0.374 e. The van der Waals surface area contributed by atoms with E-state index < -0.39 is 0 Å². The summed E-state index contributed by atoms with van der Waals surface area (Å²) in [6.45, 7) is 4.88. The van der Waals surface area contributed by atoms with Gasteiger partial charge in [0.25, 0.3) is 0 Å². The molecule has 2 rings (SSSR count). The molecule has 1 N–H and O–H groups in total. The quantitative estimate of drug-likeness (QED) is 0.920. The Morgan fingerprint density at radius 1 is 1.69 bits per heavy atom. The number of thiophene rings is 1. The molecular formula is C11H17BrN2OS. The van der Waals surface area contributed by atoms with Gasteiger partial charge in [-0.1, -0.05) is 0 Å². The number of morpholine rings is 1. The van der Waals surface area contributed by atoms with E-state index in [-0.39, 0.29) is 0 Å². The molecule has 1 aliphatic rings. The minimum Gasteiger partial charge on any atom is -0.374 e. The Bertz CT molecular complexity index is 330. The van der Waals surface area contributed by atoms with Crippen molar-refractivity contribution in [2.24, 2.45) is 0 Å². The van der Waals surface area contributed by atoms with E-state index in [1.165, 1.54) is 9.35 Å². The van der Waals surface area contributed by atoms with Crippen molar-refractivity contribution in [2.75, 3.05) is 33.3 Å². The van der Waals surface area contributed by atoms with E-state index in [2.05, 4.69) is 37.6 Å². The van der Waals surface area contributed by atoms with Crippen LogP contribution in [0.5, 0.6) is 0 Å². The standard InChI is InChI=1S/C11H17BrN2OS/c1-13-5-10-6-14(2-3-15-10)7-11-4-9(12)8-16-11/h4,8,10,13H,2-3,5-7H2,1H3. The maximum Gasteiger partial charge on any atom is 0.0826 e. The summed E-state index contributed by atoms with van der Waals surface area (Å²) in [4.78, 5) is 3.88. The van der Waals surface area contributed by atoms with Crippen LogP contribution in [0, 0.1) is 0 Å². The SMILES string of the molecule is CNCC1CN(Cc2cc(Br)cs2)CCO1. The zero-order valence-electron chi connectivity index (χ0n) is 9.41. The average molecular weight is 305 g/mol. The third-order valence-electron chi connectivity index (χ3n) is 2.66. The van der Waals surface area contributed by atoms with E-state index in [1.54, 1.807) is 0 Å². The van der Waals surface area contributed by atoms with Crippen molar-refractivity contribution in [3.63, 3.8) is 0 Å². The van der Waals surface area contributed by atoms with E-state index in [9.17, 15) is 0 Å². The van der Waals surface area contributed by atoms with Gasteiger partial charge in [-0.3, -0.25) is 4.90 Å². The molecule has 0 radical (unpaired) electrons. The highest BCUT2D eigenvalue weighted by atomic mass is 79.9. The third kappa shape index (κ3) is 3.53. The van der Waals surface area contributed by atoms with Gasteiger partial charge < -0.3 is 10.1 Å². The van der Waals surface area contributed by atoms with Crippen LogP contribution in [0.4, 0.5) is 0 Å². The summed E-state index contributed by atoms with van der Waals surface area (Å²) in [5.41, 5.74) is 0. The molecule has 2 heterocycles. The van der Waals surface area contributed by atoms with Crippen LogP contribution < -0.4 is 5.32 Å². The maximum absolute atomic E-state index is 5.68. The smallest absolute Gasteiger partial charge is 0.0826 e. The predicted molar refractivity (Wildman–Crippen MR) is 71.0 cm³/mol. The van der Waals surface area contributed by atoms with Gasteiger partial charge in [-0.05, 0) is 29.0 Å². The third-order valence-corrected chi connectivity index (χ3v) is 4.34. The average Bonchev–Trinajstić information content (AvgIpc) is 2.65. The lowest BCUT2D eigenvalue weighted by Crippen LogP contribution is -2.45. The van der Waals surface area contributed by atoms with Crippen LogP contribution in [-0.4, -0.2) is 44.3 Å². The molecule has 0 aliphatic carbocycles. The lowest BCUT2D eigenvalue weighted by molar-refractivity contribution is -0.0288. The fourth-order valence-corrected chi connectivity index (χ4v) is 3.42. The van der Waals surface area contributed by atoms with Crippen molar-refractivity contribution >= 4 is 27.3 Å². The van der Waals surface area contributed by atoms with Crippen LogP contribution >= 0.6 is 27.3 Å². The van der Waals surface area contributed by atoms with Crippen molar-refractivity contribution in [2.45, 2.75) is 12.6 Å². The molecule has 0 aromatic carbocycles. The fourth-order valence-electron chi connectivity index (χ4n) is 1.93. The van der Waals surface area contributed by atoms with Crippen LogP contribution in [0.25, 0.3) is 0 Å². The molecule has 0 spiro atoms. The summed E-state index contributed by atoms with van der Waals surface area (Å²) in [6, 6.07) is 2.20. The molecule has 5 heteroatoms. The first-order valence-corrected chi connectivity index (χ1v) is 7.16. The molecular weight excluding hydrogens is 288 g/mol. The Hall–Kier alpha value is 0.0600. The molecule has 3 nitrogen and oxygen atoms in total. The summed E-state index contributed by atoms with van der Waals surface area (Å²) in [7, 11) is 1.97. The van der Waals surface area contributed by atoms with Crippen LogP contribution in [0.3, 0.4) is 0 Å². The topological polar surface area (TPSA) is 24.5 Å². The van der Waals surface area contributed by atoms with E-state index >= 15 is 0 Å². The second-order valence-corrected chi connectivity index (χ2v) is 5.93. The van der Waals surface area contributed by atoms with Gasteiger partial charge in [-0.15, -0.1) is 11.3 Å². The fraction of sp³-hybridized carbons (Fsp3) is 0.636. The van der Waals surface area contributed by atoms with Crippen LogP contribution in [-0.2, 0) is 11.3 Å². The number of hydrogen-bond donors (Lipinski definition) is 1. The number of nitrogens with one attached hydrogen (secondary N) is 1. The Balaban J connectivity index is 1.85. The monoisotopic (exact) mass is 304 g/mol. The molecule has 1 unspecified atom stereocenters. The van der Waals surface area contributed by atoms with Gasteiger partial charge in [-0.2, -0.15) is 0 Å². The number of likely N-dealkylation sites (N-methyl/N-ethyl adjacent to an activating group) is 1. The van der Waals surface area contributed by atoms with Crippen molar-refractivity contribution in [1.29, 1.82) is 0 Å². The molecule has 0 saturated carbocycles. The van der Waals surface area contributed by atoms with Crippen molar-refractivity contribution in [1.82, 2.24) is 10.2 Å². The first-order chi connectivity index (χ1) is 7.78. The lowest BCUT2D eigenvalue weighted by Gasteiger charge is -2.32. The van der Waals surface area contributed by atoms with Gasteiger partial charge in [0.05, 0.1) is 12.7 Å². The van der Waals surface area contributed by atoms with E-state index in [1.807, 2.05) is 18.4 Å². The summed E-state index contributed by atoms with van der Waals surface area (Å²) < 4.78 is 6.87. The van der Waals surface area contributed by atoms with Crippen LogP contribution in [0.2, 0.25) is 0 Å². The minimum atomic E-state index is 0.335. The van der Waals surface area contributed by atoms with E-state index in [0.717, 1.165) is 32.8 Å². The molecule has 1 fully saturated rings. The minimum absolute atomic E-state index is 0.335. The molecule has 0 amide bonds. The first-order valence-electron chi connectivity index (χ1n) is 5.49. The number of ether oxygens (including phenoxy) is 1. The Labute approximate surface area is 109 Å². The second-order valence-electron chi connectivity index (χ2n) is 4.02. The lowest BCUT2D eigenvalue weighted by atomic mass is 10.2. The van der Waals surface area contributed by atoms with E-state index in [0.29, 0.717) is 6.10 Å². The normalized spacial score (nSPS) is 22.5. The van der Waals surface area contributed by atoms with Crippen molar-refractivity contribution in [3.8, 4) is 0 Å². The van der Waals surface area contributed by atoms with Gasteiger partial charge in [-0.25, -0.2) is 0 Å². The molecule has 1 aliphatic heterocycles. The molecule has 0 bridgehead atoms. The Morgan fingerprint density at radius 3 is 3.25 bits per heavy atom. The molecule has 16 heavy (non-hydrogen) atoms. The van der Waals surface area contributed by atoms with Gasteiger partial charge in [0, 0.05) is 40.9 Å². The first kappa shape index (κ1) is 12.5. The van der Waals surface area contributed by atoms with E-state index in [4.69, 9.17) is 4.74 Å². The number of halogens is 1. The summed E-state index contributed by atoms with van der Waals surface area (Å²) in [5, 5.41) is 5.31. The summed E-state index contributed by atoms with van der Waals surface area (Å²) in [6.07, 6.45) is 0.335. The molecule has 1 aromatic rings. The molecule has 90 valence electrons. The number of hydrogen-bond acceptors (Lipinski definition) is 4. The second kappa shape index (κ2) is 6.12. The van der Waals surface area contributed by atoms with Crippen LogP contribution in [0.1, 0.15) is 4.88 Å². The van der Waals surface area contributed by atoms with Crippen LogP contribution in [0.15, 0.2) is 15.9 Å². The Morgan fingerprint density at radius 2 is 2.56 bits per heavy atom. The Kier molecular flexibility index (Phi) is 4.79. The molecule has 1 atom stereocenters. The highest BCUT2D eigenvalue weighted by Gasteiger charge is 2.19. The highest BCUT2D eigenvalue weighted by Crippen LogP contribution is 2.21. The van der Waals surface area contributed by atoms with Gasteiger partial charge in [0.2, 0.25) is 0 Å². The zero-order chi connectivity index (χ0) is 11.4.